The normalized spacial score (nSPS) is 10.2. The first-order valence-electron chi connectivity index (χ1n) is 6.23. The summed E-state index contributed by atoms with van der Waals surface area (Å²) in [4.78, 5) is 12.7. The fraction of sp³-hybridized carbons (Fsp3) is 0.188. The van der Waals surface area contributed by atoms with Crippen LogP contribution in [0.5, 0.6) is 5.75 Å². The molecule has 0 saturated heterocycles. The van der Waals surface area contributed by atoms with Crippen LogP contribution in [0.3, 0.4) is 0 Å². The van der Waals surface area contributed by atoms with E-state index in [0.29, 0.717) is 24.1 Å². The maximum Gasteiger partial charge on any atom is 0.150 e. The number of methoxy groups -OCH3 is 1. The van der Waals surface area contributed by atoms with Gasteiger partial charge in [-0.1, -0.05) is 18.2 Å². The maximum absolute atomic E-state index is 13.4. The van der Waals surface area contributed by atoms with Crippen LogP contribution in [0.1, 0.15) is 15.9 Å². The van der Waals surface area contributed by atoms with Crippen LogP contribution in [0.2, 0.25) is 0 Å². The van der Waals surface area contributed by atoms with E-state index >= 15 is 0 Å². The molecule has 104 valence electrons. The van der Waals surface area contributed by atoms with Crippen LogP contribution in [-0.4, -0.2) is 20.4 Å². The Bertz CT molecular complexity index is 613. The lowest BCUT2D eigenvalue weighted by Gasteiger charge is -2.21. The Morgan fingerprint density at radius 3 is 2.70 bits per heavy atom. The van der Waals surface area contributed by atoms with Crippen LogP contribution in [-0.2, 0) is 6.54 Å². The second-order valence-electron chi connectivity index (χ2n) is 4.53. The lowest BCUT2D eigenvalue weighted by Crippen LogP contribution is -2.17. The standard InChI is InChI=1S/C16H16FNO2/c1-18(10-13-5-3-4-6-16(13)20-2)15-8-12(11-19)7-14(17)9-15/h3-9,11H,10H2,1-2H3. The van der Waals surface area contributed by atoms with Crippen molar-refractivity contribution < 1.29 is 13.9 Å². The zero-order valence-corrected chi connectivity index (χ0v) is 11.5. The first kappa shape index (κ1) is 14.1. The summed E-state index contributed by atoms with van der Waals surface area (Å²) in [6.07, 6.45) is 0.642. The highest BCUT2D eigenvalue weighted by molar-refractivity contribution is 5.77. The third-order valence-electron chi connectivity index (χ3n) is 3.08. The molecular formula is C16H16FNO2. The molecule has 0 saturated carbocycles. The highest BCUT2D eigenvalue weighted by Crippen LogP contribution is 2.23. The molecular weight excluding hydrogens is 257 g/mol. The van der Waals surface area contributed by atoms with E-state index in [1.807, 2.05) is 36.2 Å². The molecule has 0 aromatic heterocycles. The van der Waals surface area contributed by atoms with Gasteiger partial charge in [0.05, 0.1) is 7.11 Å². The van der Waals surface area contributed by atoms with Crippen molar-refractivity contribution in [3.8, 4) is 5.75 Å². The molecule has 0 bridgehead atoms. The van der Waals surface area contributed by atoms with Crippen LogP contribution in [0, 0.1) is 5.82 Å². The molecule has 0 aliphatic carbocycles. The van der Waals surface area contributed by atoms with E-state index in [-0.39, 0.29) is 0 Å². The van der Waals surface area contributed by atoms with Crippen LogP contribution in [0.4, 0.5) is 10.1 Å². The molecule has 2 rings (SSSR count). The number of halogens is 1. The summed E-state index contributed by atoms with van der Waals surface area (Å²) in [6.45, 7) is 0.561. The van der Waals surface area contributed by atoms with Gasteiger partial charge >= 0.3 is 0 Å². The summed E-state index contributed by atoms with van der Waals surface area (Å²) >= 11 is 0. The van der Waals surface area contributed by atoms with E-state index in [1.165, 1.54) is 12.1 Å². The molecule has 0 N–H and O–H groups in total. The average Bonchev–Trinajstić information content (AvgIpc) is 2.47. The molecule has 2 aromatic rings. The number of carbonyl (C=O) groups is 1. The minimum Gasteiger partial charge on any atom is -0.496 e. The quantitative estimate of drug-likeness (QED) is 0.783. The lowest BCUT2D eigenvalue weighted by atomic mass is 10.1. The van der Waals surface area contributed by atoms with Gasteiger partial charge in [-0.15, -0.1) is 0 Å². The van der Waals surface area contributed by atoms with E-state index in [0.717, 1.165) is 11.3 Å². The van der Waals surface area contributed by atoms with E-state index in [9.17, 15) is 9.18 Å². The van der Waals surface area contributed by atoms with Crippen molar-refractivity contribution in [2.75, 3.05) is 19.1 Å². The summed E-state index contributed by atoms with van der Waals surface area (Å²) in [5, 5.41) is 0. The number of anilines is 1. The van der Waals surface area contributed by atoms with Crippen molar-refractivity contribution in [3.63, 3.8) is 0 Å². The summed E-state index contributed by atoms with van der Waals surface area (Å²) in [7, 11) is 3.46. The Morgan fingerprint density at radius 1 is 1.25 bits per heavy atom. The minimum atomic E-state index is -0.420. The Labute approximate surface area is 117 Å². The number of aldehydes is 1. The number of nitrogens with zero attached hydrogens (tertiary/aromatic N) is 1. The Kier molecular flexibility index (Phi) is 4.35. The van der Waals surface area contributed by atoms with Gasteiger partial charge in [-0.05, 0) is 24.3 Å². The molecule has 4 heteroatoms. The average molecular weight is 273 g/mol. The van der Waals surface area contributed by atoms with Crippen molar-refractivity contribution in [2.45, 2.75) is 6.54 Å². The monoisotopic (exact) mass is 273 g/mol. The molecule has 0 fully saturated rings. The highest BCUT2D eigenvalue weighted by Gasteiger charge is 2.08. The molecule has 0 spiro atoms. The first-order chi connectivity index (χ1) is 9.63. The van der Waals surface area contributed by atoms with E-state index in [4.69, 9.17) is 4.74 Å². The third-order valence-corrected chi connectivity index (χ3v) is 3.08. The molecule has 20 heavy (non-hydrogen) atoms. The molecule has 0 radical (unpaired) electrons. The fourth-order valence-electron chi connectivity index (χ4n) is 2.07. The van der Waals surface area contributed by atoms with Gasteiger partial charge in [0, 0.05) is 30.4 Å². The van der Waals surface area contributed by atoms with Gasteiger partial charge < -0.3 is 9.64 Å². The zero-order chi connectivity index (χ0) is 14.5. The Hall–Kier alpha value is -2.36. The van der Waals surface area contributed by atoms with Gasteiger partial charge in [0.2, 0.25) is 0 Å². The molecule has 2 aromatic carbocycles. The molecule has 0 aliphatic heterocycles. The van der Waals surface area contributed by atoms with Gasteiger partial charge in [0.15, 0.2) is 0 Å². The van der Waals surface area contributed by atoms with Crippen molar-refractivity contribution >= 4 is 12.0 Å². The van der Waals surface area contributed by atoms with E-state index < -0.39 is 5.82 Å². The second kappa shape index (κ2) is 6.19. The number of rotatable bonds is 5. The summed E-state index contributed by atoms with van der Waals surface area (Å²) in [6, 6.07) is 11.9. The smallest absolute Gasteiger partial charge is 0.150 e. The topological polar surface area (TPSA) is 29.5 Å². The zero-order valence-electron chi connectivity index (χ0n) is 11.5. The van der Waals surface area contributed by atoms with Crippen molar-refractivity contribution in [3.05, 3.63) is 59.4 Å². The van der Waals surface area contributed by atoms with Gasteiger partial charge in [-0.2, -0.15) is 0 Å². The van der Waals surface area contributed by atoms with Gasteiger partial charge in [-0.25, -0.2) is 4.39 Å². The molecule has 0 unspecified atom stereocenters. The first-order valence-corrected chi connectivity index (χ1v) is 6.23. The molecule has 0 aliphatic rings. The van der Waals surface area contributed by atoms with Gasteiger partial charge in [0.1, 0.15) is 17.9 Å². The van der Waals surface area contributed by atoms with Crippen molar-refractivity contribution in [2.24, 2.45) is 0 Å². The SMILES string of the molecule is COc1ccccc1CN(C)c1cc(F)cc(C=O)c1. The number of hydrogen-bond donors (Lipinski definition) is 0. The molecule has 0 amide bonds. The number of para-hydroxylation sites is 1. The predicted octanol–water partition coefficient (Wildman–Crippen LogP) is 3.28. The molecule has 0 heterocycles. The Morgan fingerprint density at radius 2 is 2.00 bits per heavy atom. The van der Waals surface area contributed by atoms with Gasteiger partial charge in [-0.3, -0.25) is 4.79 Å². The largest absolute Gasteiger partial charge is 0.496 e. The molecule has 3 nitrogen and oxygen atoms in total. The minimum absolute atomic E-state index is 0.326. The summed E-state index contributed by atoms with van der Waals surface area (Å²) in [5.41, 5.74) is 1.97. The van der Waals surface area contributed by atoms with E-state index in [1.54, 1.807) is 13.2 Å². The van der Waals surface area contributed by atoms with Crippen LogP contribution < -0.4 is 9.64 Å². The van der Waals surface area contributed by atoms with Crippen molar-refractivity contribution in [1.29, 1.82) is 0 Å². The second-order valence-corrected chi connectivity index (χ2v) is 4.53. The van der Waals surface area contributed by atoms with E-state index in [2.05, 4.69) is 0 Å². The fourth-order valence-corrected chi connectivity index (χ4v) is 2.07. The summed E-state index contributed by atoms with van der Waals surface area (Å²) in [5.74, 6) is 0.364. The number of carbonyl (C=O) groups excluding carboxylic acids is 1. The molecule has 0 atom stereocenters. The van der Waals surface area contributed by atoms with Gasteiger partial charge in [0.25, 0.3) is 0 Å². The summed E-state index contributed by atoms with van der Waals surface area (Å²) < 4.78 is 18.7. The van der Waals surface area contributed by atoms with Crippen LogP contribution in [0.25, 0.3) is 0 Å². The lowest BCUT2D eigenvalue weighted by molar-refractivity contribution is 0.112. The maximum atomic E-state index is 13.4. The number of ether oxygens (including phenoxy) is 1. The highest BCUT2D eigenvalue weighted by atomic mass is 19.1. The van der Waals surface area contributed by atoms with Crippen LogP contribution in [0.15, 0.2) is 42.5 Å². The number of benzene rings is 2. The van der Waals surface area contributed by atoms with Crippen molar-refractivity contribution in [1.82, 2.24) is 0 Å². The van der Waals surface area contributed by atoms with Crippen LogP contribution >= 0.6 is 0 Å². The Balaban J connectivity index is 2.25. The number of hydrogen-bond acceptors (Lipinski definition) is 3. The third kappa shape index (κ3) is 3.15. The predicted molar refractivity (Wildman–Crippen MR) is 76.9 cm³/mol.